The van der Waals surface area contributed by atoms with Gasteiger partial charge in [0.2, 0.25) is 0 Å². The molecule has 0 aromatic heterocycles. The molecule has 0 saturated carbocycles. The molecular weight excluding hydrogens is 146 g/mol. The molecule has 10 heavy (non-hydrogen) atoms. The second-order valence-electron chi connectivity index (χ2n) is 1.82. The maximum absolute atomic E-state index is 5.46. The van der Waals surface area contributed by atoms with Gasteiger partial charge in [0.1, 0.15) is 5.75 Å². The Morgan fingerprint density at radius 1 is 1.30 bits per heavy atom. The van der Waals surface area contributed by atoms with Gasteiger partial charge in [0, 0.05) is 11.9 Å². The van der Waals surface area contributed by atoms with E-state index >= 15 is 0 Å². The second-order valence-corrected chi connectivity index (χ2v) is 2.32. The normalized spacial score (nSPS) is 9.30. The number of hydrogen-bond acceptors (Lipinski definition) is 3. The number of anilines is 1. The van der Waals surface area contributed by atoms with Crippen LogP contribution in [-0.2, 0) is 0 Å². The third-order valence-corrected chi connectivity index (χ3v) is 1.42. The molecule has 1 rings (SSSR count). The highest BCUT2D eigenvalue weighted by Gasteiger charge is 1.89. The summed E-state index contributed by atoms with van der Waals surface area (Å²) in [6.45, 7) is 0. The van der Waals surface area contributed by atoms with Crippen molar-refractivity contribution in [2.75, 3.05) is 12.0 Å². The van der Waals surface area contributed by atoms with E-state index in [1.165, 1.54) is 12.0 Å². The molecule has 3 heteroatoms. The lowest BCUT2D eigenvalue weighted by Gasteiger charge is -1.99. The number of nitrogen functional groups attached to an aromatic ring is 1. The van der Waals surface area contributed by atoms with Crippen molar-refractivity contribution >= 4 is 17.7 Å². The lowest BCUT2D eigenvalue weighted by Crippen LogP contribution is -1.83. The van der Waals surface area contributed by atoms with Crippen LogP contribution in [0, 0.1) is 0 Å². The Kier molecular flexibility index (Phi) is 2.45. The van der Waals surface area contributed by atoms with E-state index in [1.54, 1.807) is 0 Å². The van der Waals surface area contributed by atoms with Crippen LogP contribution in [0.3, 0.4) is 0 Å². The molecule has 0 amide bonds. The van der Waals surface area contributed by atoms with Crippen LogP contribution in [0.2, 0.25) is 0 Å². The molecule has 0 bridgehead atoms. The quantitative estimate of drug-likeness (QED) is 0.523. The fourth-order valence-corrected chi connectivity index (χ4v) is 0.923. The molecule has 2 nitrogen and oxygen atoms in total. The van der Waals surface area contributed by atoms with Crippen molar-refractivity contribution in [2.24, 2.45) is 0 Å². The van der Waals surface area contributed by atoms with E-state index in [2.05, 4.69) is 0 Å². The SMILES string of the molecule is CSOc1ccc(N)cc1. The van der Waals surface area contributed by atoms with Gasteiger partial charge in [0.15, 0.2) is 0 Å². The first kappa shape index (κ1) is 7.28. The molecule has 0 radical (unpaired) electrons. The Balaban J connectivity index is 2.69. The van der Waals surface area contributed by atoms with Gasteiger partial charge in [-0.15, -0.1) is 0 Å². The number of nitrogens with two attached hydrogens (primary N) is 1. The van der Waals surface area contributed by atoms with Gasteiger partial charge in [0.05, 0.1) is 12.0 Å². The van der Waals surface area contributed by atoms with Crippen molar-refractivity contribution in [3.63, 3.8) is 0 Å². The summed E-state index contributed by atoms with van der Waals surface area (Å²) in [5.41, 5.74) is 6.22. The van der Waals surface area contributed by atoms with E-state index in [0.717, 1.165) is 11.4 Å². The Morgan fingerprint density at radius 3 is 2.40 bits per heavy atom. The summed E-state index contributed by atoms with van der Waals surface area (Å²) in [7, 11) is 0. The minimum absolute atomic E-state index is 0.758. The Hall–Kier alpha value is -0.830. The van der Waals surface area contributed by atoms with Gasteiger partial charge in [-0.25, -0.2) is 0 Å². The molecule has 0 saturated heterocycles. The Bertz CT molecular complexity index is 197. The smallest absolute Gasteiger partial charge is 0.137 e. The molecule has 0 aliphatic heterocycles. The molecule has 1 aromatic rings. The summed E-state index contributed by atoms with van der Waals surface area (Å²) in [5.74, 6) is 0.835. The molecule has 0 fully saturated rings. The van der Waals surface area contributed by atoms with Gasteiger partial charge < -0.3 is 9.92 Å². The van der Waals surface area contributed by atoms with Crippen LogP contribution < -0.4 is 9.92 Å². The van der Waals surface area contributed by atoms with E-state index in [-0.39, 0.29) is 0 Å². The third kappa shape index (κ3) is 1.84. The van der Waals surface area contributed by atoms with Gasteiger partial charge in [-0.3, -0.25) is 0 Å². The largest absolute Gasteiger partial charge is 0.426 e. The van der Waals surface area contributed by atoms with Crippen LogP contribution in [0.1, 0.15) is 0 Å². The van der Waals surface area contributed by atoms with Gasteiger partial charge in [-0.05, 0) is 24.3 Å². The molecule has 0 aliphatic carbocycles. The lowest BCUT2D eigenvalue weighted by molar-refractivity contribution is 0.650. The van der Waals surface area contributed by atoms with Gasteiger partial charge in [0.25, 0.3) is 0 Å². The summed E-state index contributed by atoms with van der Waals surface area (Å²) in [5, 5.41) is 0. The van der Waals surface area contributed by atoms with E-state index in [4.69, 9.17) is 9.92 Å². The topological polar surface area (TPSA) is 35.2 Å². The molecule has 0 spiro atoms. The molecule has 0 heterocycles. The first-order chi connectivity index (χ1) is 4.83. The monoisotopic (exact) mass is 155 g/mol. The average Bonchev–Trinajstić information content (AvgIpc) is 1.95. The number of benzene rings is 1. The van der Waals surface area contributed by atoms with Crippen LogP contribution in [0.4, 0.5) is 5.69 Å². The number of hydrogen-bond donors (Lipinski definition) is 1. The average molecular weight is 155 g/mol. The maximum atomic E-state index is 5.46. The third-order valence-electron chi connectivity index (χ3n) is 1.06. The summed E-state index contributed by atoms with van der Waals surface area (Å²) < 4.78 is 5.12. The molecule has 1 aromatic carbocycles. The van der Waals surface area contributed by atoms with Crippen molar-refractivity contribution in [2.45, 2.75) is 0 Å². The zero-order valence-electron chi connectivity index (χ0n) is 5.70. The van der Waals surface area contributed by atoms with Crippen molar-refractivity contribution in [1.29, 1.82) is 0 Å². The zero-order valence-corrected chi connectivity index (χ0v) is 6.52. The molecule has 2 N–H and O–H groups in total. The molecular formula is C7H9NOS. The minimum atomic E-state index is 0.758. The molecule has 0 atom stereocenters. The summed E-state index contributed by atoms with van der Waals surface area (Å²) >= 11 is 1.32. The minimum Gasteiger partial charge on any atom is -0.426 e. The summed E-state index contributed by atoms with van der Waals surface area (Å²) in [6.07, 6.45) is 1.87. The molecule has 0 unspecified atom stereocenters. The molecule has 0 aliphatic rings. The fraction of sp³-hybridized carbons (Fsp3) is 0.143. The number of rotatable bonds is 2. The predicted molar refractivity (Wildman–Crippen MR) is 45.0 cm³/mol. The highest BCUT2D eigenvalue weighted by atomic mass is 32.2. The van der Waals surface area contributed by atoms with Crippen LogP contribution >= 0.6 is 12.0 Å². The Labute approximate surface area is 64.6 Å². The maximum Gasteiger partial charge on any atom is 0.137 e. The van der Waals surface area contributed by atoms with Crippen molar-refractivity contribution in [3.8, 4) is 5.75 Å². The Morgan fingerprint density at radius 2 is 1.90 bits per heavy atom. The zero-order chi connectivity index (χ0) is 7.40. The fourth-order valence-electron chi connectivity index (χ4n) is 0.620. The standard InChI is InChI=1S/C7H9NOS/c1-10-9-7-4-2-6(8)3-5-7/h2-5H,8H2,1H3. The van der Waals surface area contributed by atoms with Crippen LogP contribution in [0.5, 0.6) is 5.75 Å². The first-order valence-corrected chi connectivity index (χ1v) is 4.04. The van der Waals surface area contributed by atoms with E-state index in [9.17, 15) is 0 Å². The summed E-state index contributed by atoms with van der Waals surface area (Å²) in [4.78, 5) is 0. The highest BCUT2D eigenvalue weighted by molar-refractivity contribution is 7.94. The van der Waals surface area contributed by atoms with Crippen LogP contribution in [0.15, 0.2) is 24.3 Å². The van der Waals surface area contributed by atoms with Gasteiger partial charge in [-0.2, -0.15) is 0 Å². The van der Waals surface area contributed by atoms with Crippen molar-refractivity contribution in [1.82, 2.24) is 0 Å². The van der Waals surface area contributed by atoms with E-state index < -0.39 is 0 Å². The van der Waals surface area contributed by atoms with E-state index in [1.807, 2.05) is 30.5 Å². The lowest BCUT2D eigenvalue weighted by atomic mass is 10.3. The predicted octanol–water partition coefficient (Wildman–Crippen LogP) is 1.93. The summed E-state index contributed by atoms with van der Waals surface area (Å²) in [6, 6.07) is 7.30. The second kappa shape index (κ2) is 3.37. The van der Waals surface area contributed by atoms with Gasteiger partial charge >= 0.3 is 0 Å². The molecule has 54 valence electrons. The van der Waals surface area contributed by atoms with Crippen molar-refractivity contribution in [3.05, 3.63) is 24.3 Å². The van der Waals surface area contributed by atoms with Crippen LogP contribution in [-0.4, -0.2) is 6.26 Å². The van der Waals surface area contributed by atoms with E-state index in [0.29, 0.717) is 0 Å². The van der Waals surface area contributed by atoms with Crippen molar-refractivity contribution < 1.29 is 4.18 Å². The van der Waals surface area contributed by atoms with Gasteiger partial charge in [-0.1, -0.05) is 0 Å². The van der Waals surface area contributed by atoms with Crippen LogP contribution in [0.25, 0.3) is 0 Å². The highest BCUT2D eigenvalue weighted by Crippen LogP contribution is 2.16. The first-order valence-electron chi connectivity index (χ1n) is 2.89.